The first kappa shape index (κ1) is 11.9. The second-order valence-electron chi connectivity index (χ2n) is 4.56. The number of rotatable bonds is 3. The molecule has 92 valence electrons. The standard InChI is InChI=1S/C13H17NO3/c1-9-3-2-8-14-12(9)17-11-6-4-10(5-7-11)13(15)16/h2-3,8,10-11H,4-7H2,1H3,(H,15,16). The highest BCUT2D eigenvalue weighted by Gasteiger charge is 2.27. The molecule has 1 saturated carbocycles. The normalized spacial score (nSPS) is 24.3. The van der Waals surface area contributed by atoms with Gasteiger partial charge in [-0.25, -0.2) is 4.98 Å². The van der Waals surface area contributed by atoms with E-state index in [1.54, 1.807) is 6.20 Å². The molecule has 0 amide bonds. The van der Waals surface area contributed by atoms with Gasteiger partial charge in [0.1, 0.15) is 6.10 Å². The molecule has 0 atom stereocenters. The predicted octanol–water partition coefficient (Wildman–Crippen LogP) is 2.41. The minimum Gasteiger partial charge on any atom is -0.481 e. The van der Waals surface area contributed by atoms with E-state index in [2.05, 4.69) is 4.98 Å². The van der Waals surface area contributed by atoms with E-state index in [-0.39, 0.29) is 12.0 Å². The zero-order valence-electron chi connectivity index (χ0n) is 9.93. The third kappa shape index (κ3) is 2.96. The summed E-state index contributed by atoms with van der Waals surface area (Å²) in [4.78, 5) is 15.0. The molecule has 1 heterocycles. The van der Waals surface area contributed by atoms with Crippen molar-refractivity contribution < 1.29 is 14.6 Å². The van der Waals surface area contributed by atoms with E-state index in [0.29, 0.717) is 18.7 Å². The van der Waals surface area contributed by atoms with Gasteiger partial charge in [0, 0.05) is 11.8 Å². The number of hydrogen-bond acceptors (Lipinski definition) is 3. The summed E-state index contributed by atoms with van der Waals surface area (Å²) in [5.74, 6) is -0.205. The van der Waals surface area contributed by atoms with Crippen molar-refractivity contribution in [3.05, 3.63) is 23.9 Å². The minimum atomic E-state index is -0.683. The van der Waals surface area contributed by atoms with Crippen LogP contribution in [0.3, 0.4) is 0 Å². The Morgan fingerprint density at radius 1 is 1.41 bits per heavy atom. The van der Waals surface area contributed by atoms with Crippen molar-refractivity contribution in [2.24, 2.45) is 5.92 Å². The van der Waals surface area contributed by atoms with Crippen LogP contribution in [-0.4, -0.2) is 22.2 Å². The van der Waals surface area contributed by atoms with E-state index in [1.165, 1.54) is 0 Å². The number of nitrogens with zero attached hydrogens (tertiary/aromatic N) is 1. The van der Waals surface area contributed by atoms with Gasteiger partial charge in [-0.2, -0.15) is 0 Å². The van der Waals surface area contributed by atoms with Crippen LogP contribution in [0.1, 0.15) is 31.2 Å². The zero-order chi connectivity index (χ0) is 12.3. The largest absolute Gasteiger partial charge is 0.481 e. The lowest BCUT2D eigenvalue weighted by molar-refractivity contribution is -0.143. The molecular formula is C13H17NO3. The van der Waals surface area contributed by atoms with Crippen LogP contribution in [0.15, 0.2) is 18.3 Å². The molecular weight excluding hydrogens is 218 g/mol. The van der Waals surface area contributed by atoms with Gasteiger partial charge in [-0.05, 0) is 38.7 Å². The SMILES string of the molecule is Cc1cccnc1OC1CCC(C(=O)O)CC1. The molecule has 1 N–H and O–H groups in total. The Morgan fingerprint density at radius 3 is 2.71 bits per heavy atom. The molecule has 4 heteroatoms. The van der Waals surface area contributed by atoms with Gasteiger partial charge in [0.25, 0.3) is 0 Å². The van der Waals surface area contributed by atoms with E-state index >= 15 is 0 Å². The Balaban J connectivity index is 1.90. The molecule has 1 aromatic rings. The summed E-state index contributed by atoms with van der Waals surface area (Å²) >= 11 is 0. The van der Waals surface area contributed by atoms with E-state index in [0.717, 1.165) is 18.4 Å². The Morgan fingerprint density at radius 2 is 2.12 bits per heavy atom. The summed E-state index contributed by atoms with van der Waals surface area (Å²) in [6.07, 6.45) is 4.82. The van der Waals surface area contributed by atoms with Crippen molar-refractivity contribution in [1.29, 1.82) is 0 Å². The van der Waals surface area contributed by atoms with E-state index < -0.39 is 5.97 Å². The number of aromatic nitrogens is 1. The van der Waals surface area contributed by atoms with Gasteiger partial charge >= 0.3 is 5.97 Å². The molecule has 4 nitrogen and oxygen atoms in total. The molecule has 0 radical (unpaired) electrons. The van der Waals surface area contributed by atoms with Gasteiger partial charge in [0.2, 0.25) is 5.88 Å². The van der Waals surface area contributed by atoms with Crippen LogP contribution in [-0.2, 0) is 4.79 Å². The molecule has 0 unspecified atom stereocenters. The van der Waals surface area contributed by atoms with Crippen molar-refractivity contribution in [2.45, 2.75) is 38.7 Å². The second kappa shape index (κ2) is 5.17. The van der Waals surface area contributed by atoms with Gasteiger partial charge in [0.15, 0.2) is 0 Å². The molecule has 0 aromatic carbocycles. The maximum absolute atomic E-state index is 10.8. The quantitative estimate of drug-likeness (QED) is 0.874. The fourth-order valence-corrected chi connectivity index (χ4v) is 2.18. The van der Waals surface area contributed by atoms with Gasteiger partial charge in [-0.1, -0.05) is 6.07 Å². The van der Waals surface area contributed by atoms with Crippen LogP contribution in [0.4, 0.5) is 0 Å². The minimum absolute atomic E-state index is 0.110. The molecule has 0 spiro atoms. The average Bonchev–Trinajstić information content (AvgIpc) is 2.33. The molecule has 1 aliphatic carbocycles. The number of aryl methyl sites for hydroxylation is 1. The van der Waals surface area contributed by atoms with E-state index in [4.69, 9.17) is 9.84 Å². The summed E-state index contributed by atoms with van der Waals surface area (Å²) in [6.45, 7) is 1.96. The smallest absolute Gasteiger partial charge is 0.306 e. The topological polar surface area (TPSA) is 59.4 Å². The molecule has 1 aliphatic rings. The summed E-state index contributed by atoms with van der Waals surface area (Å²) in [5.41, 5.74) is 1.02. The number of aliphatic carboxylic acids is 1. The number of carboxylic acid groups (broad SMARTS) is 1. The Labute approximate surface area is 101 Å². The summed E-state index contributed by atoms with van der Waals surface area (Å²) in [6, 6.07) is 3.84. The maximum Gasteiger partial charge on any atom is 0.306 e. The highest BCUT2D eigenvalue weighted by atomic mass is 16.5. The number of pyridine rings is 1. The van der Waals surface area contributed by atoms with Crippen LogP contribution < -0.4 is 4.74 Å². The third-order valence-electron chi connectivity index (χ3n) is 3.26. The van der Waals surface area contributed by atoms with Crippen LogP contribution in [0.2, 0.25) is 0 Å². The molecule has 0 bridgehead atoms. The lowest BCUT2D eigenvalue weighted by atomic mass is 9.87. The second-order valence-corrected chi connectivity index (χ2v) is 4.56. The fraction of sp³-hybridized carbons (Fsp3) is 0.538. The molecule has 1 aromatic heterocycles. The van der Waals surface area contributed by atoms with Crippen molar-refractivity contribution in [2.75, 3.05) is 0 Å². The first-order chi connectivity index (χ1) is 8.16. The van der Waals surface area contributed by atoms with Crippen molar-refractivity contribution in [3.8, 4) is 5.88 Å². The number of hydrogen-bond donors (Lipinski definition) is 1. The Kier molecular flexibility index (Phi) is 3.61. The molecule has 2 rings (SSSR count). The van der Waals surface area contributed by atoms with Crippen molar-refractivity contribution in [1.82, 2.24) is 4.98 Å². The zero-order valence-corrected chi connectivity index (χ0v) is 9.93. The van der Waals surface area contributed by atoms with Crippen molar-refractivity contribution >= 4 is 5.97 Å². The summed E-state index contributed by atoms with van der Waals surface area (Å²) < 4.78 is 5.81. The molecule has 0 saturated heterocycles. The third-order valence-corrected chi connectivity index (χ3v) is 3.26. The van der Waals surface area contributed by atoms with Gasteiger partial charge < -0.3 is 9.84 Å². The van der Waals surface area contributed by atoms with Gasteiger partial charge in [-0.15, -0.1) is 0 Å². The van der Waals surface area contributed by atoms with Crippen molar-refractivity contribution in [3.63, 3.8) is 0 Å². The van der Waals surface area contributed by atoms with E-state index in [9.17, 15) is 4.79 Å². The first-order valence-corrected chi connectivity index (χ1v) is 5.98. The highest BCUT2D eigenvalue weighted by Crippen LogP contribution is 2.27. The molecule has 0 aliphatic heterocycles. The number of carboxylic acids is 1. The average molecular weight is 235 g/mol. The summed E-state index contributed by atoms with van der Waals surface area (Å²) in [5, 5.41) is 8.91. The number of ether oxygens (including phenoxy) is 1. The highest BCUT2D eigenvalue weighted by molar-refractivity contribution is 5.70. The maximum atomic E-state index is 10.8. The Bertz CT molecular complexity index is 397. The van der Waals surface area contributed by atoms with Gasteiger partial charge in [0.05, 0.1) is 5.92 Å². The van der Waals surface area contributed by atoms with Crippen LogP contribution in [0.25, 0.3) is 0 Å². The van der Waals surface area contributed by atoms with E-state index in [1.807, 2.05) is 19.1 Å². The lowest BCUT2D eigenvalue weighted by Crippen LogP contribution is -2.28. The lowest BCUT2D eigenvalue weighted by Gasteiger charge is -2.26. The van der Waals surface area contributed by atoms with Crippen LogP contribution in [0, 0.1) is 12.8 Å². The summed E-state index contributed by atoms with van der Waals surface area (Å²) in [7, 11) is 0. The predicted molar refractivity (Wildman–Crippen MR) is 63.0 cm³/mol. The number of carbonyl (C=O) groups is 1. The van der Waals surface area contributed by atoms with Crippen LogP contribution >= 0.6 is 0 Å². The fourth-order valence-electron chi connectivity index (χ4n) is 2.18. The monoisotopic (exact) mass is 235 g/mol. The molecule has 17 heavy (non-hydrogen) atoms. The van der Waals surface area contributed by atoms with Crippen LogP contribution in [0.5, 0.6) is 5.88 Å². The Hall–Kier alpha value is -1.58. The first-order valence-electron chi connectivity index (χ1n) is 5.98. The van der Waals surface area contributed by atoms with Gasteiger partial charge in [-0.3, -0.25) is 4.79 Å². The molecule has 1 fully saturated rings.